The molecule has 2 rings (SSSR count). The number of amides is 1. The Labute approximate surface area is 119 Å². The Bertz CT molecular complexity index is 613. The summed E-state index contributed by atoms with van der Waals surface area (Å²) in [4.78, 5) is 13.5. The lowest BCUT2D eigenvalue weighted by Gasteiger charge is -2.18. The van der Waals surface area contributed by atoms with E-state index in [0.717, 1.165) is 0 Å². The number of nitrogens with zero attached hydrogens (tertiary/aromatic N) is 1. The predicted molar refractivity (Wildman–Crippen MR) is 77.7 cm³/mol. The Morgan fingerprint density at radius 1 is 1.21 bits per heavy atom. The summed E-state index contributed by atoms with van der Waals surface area (Å²) >= 11 is 3.26. The molecule has 5 heteroatoms. The van der Waals surface area contributed by atoms with Crippen LogP contribution >= 0.6 is 15.9 Å². The van der Waals surface area contributed by atoms with Crippen molar-refractivity contribution in [3.63, 3.8) is 0 Å². The van der Waals surface area contributed by atoms with Crippen molar-refractivity contribution in [2.45, 2.75) is 0 Å². The smallest absolute Gasteiger partial charge is 0.258 e. The van der Waals surface area contributed by atoms with Crippen molar-refractivity contribution in [3.05, 3.63) is 58.3 Å². The van der Waals surface area contributed by atoms with Crippen molar-refractivity contribution in [2.24, 2.45) is 0 Å². The minimum absolute atomic E-state index is 0.219. The van der Waals surface area contributed by atoms with E-state index >= 15 is 0 Å². The number of hydrogen-bond acceptors (Lipinski definition) is 2. The molecule has 2 N–H and O–H groups in total. The monoisotopic (exact) mass is 322 g/mol. The molecule has 0 unspecified atom stereocenters. The number of hydrogen-bond donors (Lipinski definition) is 1. The largest absolute Gasteiger partial charge is 0.399 e. The molecule has 2 aromatic carbocycles. The number of nitrogen functional groups attached to an aromatic ring is 1. The molecular formula is C14H12BrFN2O. The van der Waals surface area contributed by atoms with E-state index in [4.69, 9.17) is 5.73 Å². The molecule has 0 saturated carbocycles. The van der Waals surface area contributed by atoms with Crippen LogP contribution in [0, 0.1) is 5.82 Å². The van der Waals surface area contributed by atoms with Crippen LogP contribution in [0.2, 0.25) is 0 Å². The molecule has 0 fully saturated rings. The maximum atomic E-state index is 13.7. The van der Waals surface area contributed by atoms with E-state index in [-0.39, 0.29) is 11.6 Å². The molecule has 98 valence electrons. The molecule has 0 spiro atoms. The first-order valence-corrected chi connectivity index (χ1v) is 6.37. The molecule has 0 heterocycles. The topological polar surface area (TPSA) is 46.3 Å². The molecule has 0 aliphatic rings. The summed E-state index contributed by atoms with van der Waals surface area (Å²) in [7, 11) is 1.53. The second-order valence-corrected chi connectivity index (χ2v) is 5.00. The van der Waals surface area contributed by atoms with Crippen molar-refractivity contribution in [1.82, 2.24) is 0 Å². The summed E-state index contributed by atoms with van der Waals surface area (Å²) in [6.45, 7) is 0. The van der Waals surface area contributed by atoms with E-state index in [1.54, 1.807) is 36.4 Å². The number of rotatable bonds is 2. The highest BCUT2D eigenvalue weighted by Crippen LogP contribution is 2.24. The van der Waals surface area contributed by atoms with Crippen molar-refractivity contribution in [3.8, 4) is 0 Å². The van der Waals surface area contributed by atoms with Gasteiger partial charge in [0.25, 0.3) is 5.91 Å². The molecule has 0 atom stereocenters. The lowest BCUT2D eigenvalue weighted by molar-refractivity contribution is 0.0992. The summed E-state index contributed by atoms with van der Waals surface area (Å²) in [5.41, 5.74) is 6.82. The van der Waals surface area contributed by atoms with E-state index in [1.807, 2.05) is 0 Å². The Kier molecular flexibility index (Phi) is 3.85. The van der Waals surface area contributed by atoms with Gasteiger partial charge in [0.2, 0.25) is 0 Å². The van der Waals surface area contributed by atoms with E-state index in [9.17, 15) is 9.18 Å². The number of carbonyl (C=O) groups is 1. The van der Waals surface area contributed by atoms with E-state index in [1.165, 1.54) is 18.0 Å². The van der Waals surface area contributed by atoms with Gasteiger partial charge in [-0.3, -0.25) is 4.79 Å². The molecule has 0 saturated heterocycles. The van der Waals surface area contributed by atoms with E-state index in [2.05, 4.69) is 15.9 Å². The van der Waals surface area contributed by atoms with Gasteiger partial charge in [0.15, 0.2) is 0 Å². The number of halogens is 2. The highest BCUT2D eigenvalue weighted by atomic mass is 79.9. The van der Waals surface area contributed by atoms with Gasteiger partial charge < -0.3 is 10.6 Å². The van der Waals surface area contributed by atoms with Gasteiger partial charge in [-0.15, -0.1) is 0 Å². The molecule has 1 amide bonds. The normalized spacial score (nSPS) is 10.3. The third kappa shape index (κ3) is 2.93. The van der Waals surface area contributed by atoms with Gasteiger partial charge in [-0.05, 0) is 42.5 Å². The lowest BCUT2D eigenvalue weighted by atomic mass is 10.1. The average Bonchev–Trinajstić information content (AvgIpc) is 2.41. The number of benzene rings is 2. The first kappa shape index (κ1) is 13.5. The third-order valence-corrected chi connectivity index (χ3v) is 3.23. The summed E-state index contributed by atoms with van der Waals surface area (Å²) < 4.78 is 14.4. The van der Waals surface area contributed by atoms with Gasteiger partial charge in [0.1, 0.15) is 5.82 Å². The highest BCUT2D eigenvalue weighted by molar-refractivity contribution is 9.10. The van der Waals surface area contributed by atoms with Gasteiger partial charge in [0.05, 0.1) is 5.69 Å². The van der Waals surface area contributed by atoms with Crippen LogP contribution in [0.1, 0.15) is 10.4 Å². The SMILES string of the molecule is CN(C(=O)c1ccc(N)cc1)c1cc(Br)ccc1F. The van der Waals surface area contributed by atoms with Gasteiger partial charge in [-0.1, -0.05) is 15.9 Å². The van der Waals surface area contributed by atoms with Crippen molar-refractivity contribution >= 4 is 33.2 Å². The Hall–Kier alpha value is -1.88. The van der Waals surface area contributed by atoms with Crippen molar-refractivity contribution < 1.29 is 9.18 Å². The number of nitrogens with two attached hydrogens (primary N) is 1. The fraction of sp³-hybridized carbons (Fsp3) is 0.0714. The summed E-state index contributed by atoms with van der Waals surface area (Å²) in [5, 5.41) is 0. The fourth-order valence-corrected chi connectivity index (χ4v) is 2.02. The quantitative estimate of drug-likeness (QED) is 0.861. The first-order valence-electron chi connectivity index (χ1n) is 5.57. The van der Waals surface area contributed by atoms with Gasteiger partial charge in [0, 0.05) is 22.8 Å². The Morgan fingerprint density at radius 2 is 1.84 bits per heavy atom. The van der Waals surface area contributed by atoms with Crippen LogP contribution in [0.4, 0.5) is 15.8 Å². The van der Waals surface area contributed by atoms with E-state index < -0.39 is 5.82 Å². The van der Waals surface area contributed by atoms with Gasteiger partial charge in [-0.25, -0.2) is 4.39 Å². The molecule has 0 bridgehead atoms. The fourth-order valence-electron chi connectivity index (χ4n) is 1.67. The first-order chi connectivity index (χ1) is 8.99. The minimum atomic E-state index is -0.450. The van der Waals surface area contributed by atoms with Crippen LogP contribution in [0.3, 0.4) is 0 Å². The molecule has 19 heavy (non-hydrogen) atoms. The van der Waals surface area contributed by atoms with Crippen LogP contribution < -0.4 is 10.6 Å². The molecule has 0 aromatic heterocycles. The minimum Gasteiger partial charge on any atom is -0.399 e. The Balaban J connectivity index is 2.33. The lowest BCUT2D eigenvalue weighted by Crippen LogP contribution is -2.27. The van der Waals surface area contributed by atoms with Gasteiger partial charge >= 0.3 is 0 Å². The molecule has 3 nitrogen and oxygen atoms in total. The van der Waals surface area contributed by atoms with Crippen LogP contribution in [0.15, 0.2) is 46.9 Å². The van der Waals surface area contributed by atoms with Crippen LogP contribution in [0.5, 0.6) is 0 Å². The summed E-state index contributed by atoms with van der Waals surface area (Å²) in [6.07, 6.45) is 0. The molecule has 0 radical (unpaired) electrons. The van der Waals surface area contributed by atoms with Crippen LogP contribution in [0.25, 0.3) is 0 Å². The highest BCUT2D eigenvalue weighted by Gasteiger charge is 2.16. The standard InChI is InChI=1S/C14H12BrFN2O/c1-18(13-8-10(15)4-7-12(13)16)14(19)9-2-5-11(17)6-3-9/h2-8H,17H2,1H3. The van der Waals surface area contributed by atoms with Crippen LogP contribution in [-0.4, -0.2) is 13.0 Å². The second-order valence-electron chi connectivity index (χ2n) is 4.08. The maximum Gasteiger partial charge on any atom is 0.258 e. The molecular weight excluding hydrogens is 311 g/mol. The number of carbonyl (C=O) groups excluding carboxylic acids is 1. The van der Waals surface area contributed by atoms with Gasteiger partial charge in [-0.2, -0.15) is 0 Å². The Morgan fingerprint density at radius 3 is 2.47 bits per heavy atom. The maximum absolute atomic E-state index is 13.7. The van der Waals surface area contributed by atoms with Crippen molar-refractivity contribution in [1.29, 1.82) is 0 Å². The molecule has 0 aliphatic carbocycles. The molecule has 2 aromatic rings. The van der Waals surface area contributed by atoms with Crippen molar-refractivity contribution in [2.75, 3.05) is 17.7 Å². The average molecular weight is 323 g/mol. The zero-order valence-corrected chi connectivity index (χ0v) is 11.8. The summed E-state index contributed by atoms with van der Waals surface area (Å²) in [5.74, 6) is -0.744. The third-order valence-electron chi connectivity index (χ3n) is 2.73. The van der Waals surface area contributed by atoms with Crippen LogP contribution in [-0.2, 0) is 0 Å². The zero-order valence-electron chi connectivity index (χ0n) is 10.2. The number of anilines is 2. The summed E-state index contributed by atoms with van der Waals surface area (Å²) in [6, 6.07) is 11.0. The molecule has 0 aliphatic heterocycles. The predicted octanol–water partition coefficient (Wildman–Crippen LogP) is 3.45. The second kappa shape index (κ2) is 5.40. The van der Waals surface area contributed by atoms with E-state index in [0.29, 0.717) is 15.7 Å². The zero-order chi connectivity index (χ0) is 14.0.